The van der Waals surface area contributed by atoms with Crippen LogP contribution in [0.5, 0.6) is 5.75 Å². The van der Waals surface area contributed by atoms with Crippen LogP contribution in [0.25, 0.3) is 0 Å². The minimum absolute atomic E-state index is 0. The molecule has 1 aliphatic heterocycles. The van der Waals surface area contributed by atoms with Gasteiger partial charge in [0, 0.05) is 37.1 Å². The van der Waals surface area contributed by atoms with Crippen molar-refractivity contribution in [2.45, 2.75) is 52.6 Å². The fourth-order valence-electron chi connectivity index (χ4n) is 3.16. The van der Waals surface area contributed by atoms with Crippen LogP contribution in [0, 0.1) is 12.8 Å². The summed E-state index contributed by atoms with van der Waals surface area (Å²) in [7, 11) is 1.75. The summed E-state index contributed by atoms with van der Waals surface area (Å²) in [5, 5.41) is 6.60. The van der Waals surface area contributed by atoms with E-state index in [0.717, 1.165) is 36.7 Å². The third-order valence-corrected chi connectivity index (χ3v) is 5.09. The Kier molecular flexibility index (Phi) is 9.61. The minimum atomic E-state index is -0.0579. The average molecular weight is 542 g/mol. The third kappa shape index (κ3) is 7.68. The Balaban J connectivity index is 0.00000341. The molecule has 1 aromatic heterocycles. The van der Waals surface area contributed by atoms with Crippen molar-refractivity contribution < 1.29 is 13.9 Å². The molecular formula is C23H35IN4O3. The van der Waals surface area contributed by atoms with Crippen molar-refractivity contribution in [3.05, 3.63) is 47.2 Å². The number of nitrogens with zero attached hydrogens (tertiary/aromatic N) is 2. The molecule has 0 spiro atoms. The summed E-state index contributed by atoms with van der Waals surface area (Å²) in [4.78, 5) is 8.65. The van der Waals surface area contributed by atoms with Crippen LogP contribution >= 0.6 is 24.0 Å². The number of hydrogen-bond acceptors (Lipinski definition) is 5. The van der Waals surface area contributed by atoms with Crippen LogP contribution in [0.15, 0.2) is 33.8 Å². The van der Waals surface area contributed by atoms with Gasteiger partial charge in [-0.2, -0.15) is 0 Å². The number of aryl methyl sites for hydroxylation is 1. The Labute approximate surface area is 202 Å². The van der Waals surface area contributed by atoms with Gasteiger partial charge in [0.25, 0.3) is 0 Å². The van der Waals surface area contributed by atoms with Gasteiger partial charge in [0.05, 0.1) is 26.0 Å². The molecule has 1 aromatic carbocycles. The van der Waals surface area contributed by atoms with Gasteiger partial charge in [0.15, 0.2) is 5.96 Å². The van der Waals surface area contributed by atoms with Crippen molar-refractivity contribution in [2.24, 2.45) is 10.9 Å². The largest absolute Gasteiger partial charge is 0.493 e. The van der Waals surface area contributed by atoms with E-state index in [2.05, 4.69) is 66.5 Å². The van der Waals surface area contributed by atoms with E-state index in [0.29, 0.717) is 37.5 Å². The molecule has 2 heterocycles. The highest BCUT2D eigenvalue weighted by Gasteiger charge is 2.19. The van der Waals surface area contributed by atoms with E-state index in [1.54, 1.807) is 13.2 Å². The second kappa shape index (κ2) is 11.7. The van der Waals surface area contributed by atoms with E-state index in [9.17, 15) is 0 Å². The van der Waals surface area contributed by atoms with Crippen LogP contribution in [-0.2, 0) is 23.2 Å². The van der Waals surface area contributed by atoms with Crippen molar-refractivity contribution in [3.63, 3.8) is 0 Å². The summed E-state index contributed by atoms with van der Waals surface area (Å²) in [6, 6.07) is 6.28. The zero-order chi connectivity index (χ0) is 21.6. The summed E-state index contributed by atoms with van der Waals surface area (Å²) < 4.78 is 17.4. The van der Waals surface area contributed by atoms with Crippen LogP contribution in [0.1, 0.15) is 50.0 Å². The molecule has 1 unspecified atom stereocenters. The Morgan fingerprint density at radius 1 is 1.26 bits per heavy atom. The molecule has 0 aliphatic carbocycles. The summed E-state index contributed by atoms with van der Waals surface area (Å²) in [5.41, 5.74) is 2.21. The lowest BCUT2D eigenvalue weighted by molar-refractivity contribution is 0.166. The first-order valence-corrected chi connectivity index (χ1v) is 10.5. The quantitative estimate of drug-likeness (QED) is 0.311. The van der Waals surface area contributed by atoms with Gasteiger partial charge in [-0.15, -0.1) is 24.0 Å². The topological polar surface area (TPSA) is 80.9 Å². The van der Waals surface area contributed by atoms with E-state index in [-0.39, 0.29) is 29.4 Å². The summed E-state index contributed by atoms with van der Waals surface area (Å²) >= 11 is 0. The normalized spacial score (nSPS) is 16.7. The number of benzene rings is 1. The molecule has 3 rings (SSSR count). The van der Waals surface area contributed by atoms with E-state index in [1.807, 2.05) is 0 Å². The first-order valence-electron chi connectivity index (χ1n) is 10.5. The lowest BCUT2D eigenvalue weighted by atomic mass is 9.94. The number of oxazole rings is 1. The lowest BCUT2D eigenvalue weighted by Gasteiger charge is -2.16. The fraction of sp³-hybridized carbons (Fsp3) is 0.565. The number of ether oxygens (including phenoxy) is 2. The molecule has 8 heteroatoms. The van der Waals surface area contributed by atoms with Crippen LogP contribution in [0.4, 0.5) is 0 Å². The van der Waals surface area contributed by atoms with Crippen molar-refractivity contribution in [2.75, 3.05) is 26.9 Å². The number of aromatic nitrogens is 1. The standard InChI is InChI=1S/C23H34N4O3.HI/c1-16-6-7-18(19(10-16)29-15-17-8-9-28-14-17)11-26-22(24-5)27-13-21-25-12-20(30-21)23(2,3)4;/h6-7,10,12,17H,8-9,11,13-15H2,1-5H3,(H2,24,26,27);1H. The highest BCUT2D eigenvalue weighted by atomic mass is 127. The average Bonchev–Trinajstić information content (AvgIpc) is 3.39. The predicted octanol–water partition coefficient (Wildman–Crippen LogP) is 4.18. The molecule has 0 radical (unpaired) electrons. The molecule has 1 atom stereocenters. The zero-order valence-corrected chi connectivity index (χ0v) is 21.5. The number of guanidine groups is 1. The van der Waals surface area contributed by atoms with Gasteiger partial charge in [-0.1, -0.05) is 32.9 Å². The van der Waals surface area contributed by atoms with E-state index in [4.69, 9.17) is 13.9 Å². The SMILES string of the molecule is CN=C(NCc1ncc(C(C)(C)C)o1)NCc1ccc(C)cc1OCC1CCOC1.I. The Bertz CT molecular complexity index is 855. The van der Waals surface area contributed by atoms with Gasteiger partial charge >= 0.3 is 0 Å². The first-order chi connectivity index (χ1) is 14.3. The smallest absolute Gasteiger partial charge is 0.213 e. The van der Waals surface area contributed by atoms with Crippen molar-refractivity contribution in [3.8, 4) is 5.75 Å². The molecule has 1 aliphatic rings. The zero-order valence-electron chi connectivity index (χ0n) is 19.2. The van der Waals surface area contributed by atoms with Gasteiger partial charge in [-0.05, 0) is 25.0 Å². The van der Waals surface area contributed by atoms with E-state index >= 15 is 0 Å². The molecule has 0 amide bonds. The van der Waals surface area contributed by atoms with E-state index < -0.39 is 0 Å². The molecule has 0 bridgehead atoms. The lowest BCUT2D eigenvalue weighted by Crippen LogP contribution is -2.36. The van der Waals surface area contributed by atoms with E-state index in [1.165, 1.54) is 5.56 Å². The summed E-state index contributed by atoms with van der Waals surface area (Å²) in [6.07, 6.45) is 2.85. The summed E-state index contributed by atoms with van der Waals surface area (Å²) in [6.45, 7) is 11.8. The van der Waals surface area contributed by atoms with Gasteiger partial charge in [-0.25, -0.2) is 4.98 Å². The molecule has 1 saturated heterocycles. The van der Waals surface area contributed by atoms with Gasteiger partial charge in [0.1, 0.15) is 11.5 Å². The van der Waals surface area contributed by atoms with Crippen molar-refractivity contribution >= 4 is 29.9 Å². The number of halogens is 1. The maximum Gasteiger partial charge on any atom is 0.213 e. The predicted molar refractivity (Wildman–Crippen MR) is 133 cm³/mol. The van der Waals surface area contributed by atoms with Crippen molar-refractivity contribution in [1.29, 1.82) is 0 Å². The molecule has 2 aromatic rings. The van der Waals surface area contributed by atoms with Gasteiger partial charge in [0.2, 0.25) is 5.89 Å². The maximum atomic E-state index is 6.13. The summed E-state index contributed by atoms with van der Waals surface area (Å²) in [5.74, 6) is 3.57. The molecule has 0 saturated carbocycles. The first kappa shape index (κ1) is 25.5. The molecular weight excluding hydrogens is 507 g/mol. The molecule has 7 nitrogen and oxygen atoms in total. The number of hydrogen-bond donors (Lipinski definition) is 2. The monoisotopic (exact) mass is 542 g/mol. The fourth-order valence-corrected chi connectivity index (χ4v) is 3.16. The minimum Gasteiger partial charge on any atom is -0.493 e. The van der Waals surface area contributed by atoms with Crippen molar-refractivity contribution in [1.82, 2.24) is 15.6 Å². The second-order valence-electron chi connectivity index (χ2n) is 8.80. The third-order valence-electron chi connectivity index (χ3n) is 5.09. The highest BCUT2D eigenvalue weighted by molar-refractivity contribution is 14.0. The Morgan fingerprint density at radius 3 is 2.68 bits per heavy atom. The Hall–Kier alpha value is -1.81. The van der Waals surface area contributed by atoms with Crippen LogP contribution in [-0.4, -0.2) is 37.8 Å². The Morgan fingerprint density at radius 2 is 2.03 bits per heavy atom. The second-order valence-corrected chi connectivity index (χ2v) is 8.80. The number of rotatable bonds is 7. The molecule has 1 fully saturated rings. The molecule has 172 valence electrons. The molecule has 2 N–H and O–H groups in total. The molecule has 31 heavy (non-hydrogen) atoms. The van der Waals surface area contributed by atoms with Gasteiger partial charge < -0.3 is 24.5 Å². The van der Waals surface area contributed by atoms with Gasteiger partial charge in [-0.3, -0.25) is 4.99 Å². The van der Waals surface area contributed by atoms with Crippen LogP contribution < -0.4 is 15.4 Å². The van der Waals surface area contributed by atoms with Crippen LogP contribution in [0.2, 0.25) is 0 Å². The highest BCUT2D eigenvalue weighted by Crippen LogP contribution is 2.23. The number of nitrogens with one attached hydrogen (secondary N) is 2. The maximum absolute atomic E-state index is 6.13. The number of aliphatic imine (C=N–C) groups is 1. The van der Waals surface area contributed by atoms with Crippen LogP contribution in [0.3, 0.4) is 0 Å².